The Morgan fingerprint density at radius 3 is 2.94 bits per heavy atom. The molecule has 0 bridgehead atoms. The molecule has 88 valence electrons. The first-order valence-electron chi connectivity index (χ1n) is 6.40. The highest BCUT2D eigenvalue weighted by Gasteiger charge is 2.60. The fourth-order valence-electron chi connectivity index (χ4n) is 3.40. The molecule has 0 N–H and O–H groups in total. The van der Waals surface area contributed by atoms with Gasteiger partial charge in [-0.3, -0.25) is 4.79 Å². The lowest BCUT2D eigenvalue weighted by atomic mass is 9.85. The molecular weight excluding hydrogens is 196 g/mol. The highest BCUT2D eigenvalue weighted by atomic mass is 16.1. The summed E-state index contributed by atoms with van der Waals surface area (Å²) in [6.07, 6.45) is 9.26. The van der Waals surface area contributed by atoms with Gasteiger partial charge in [-0.05, 0) is 61.9 Å². The SMILES string of the molecule is C=C1CC[C@@]2([C@H](C)CC/C=C(\C)C=O)C[C@@H]12. The number of rotatable bonds is 5. The molecule has 0 aromatic carbocycles. The van der Waals surface area contributed by atoms with Gasteiger partial charge in [-0.15, -0.1) is 0 Å². The van der Waals surface area contributed by atoms with Crippen molar-refractivity contribution in [2.45, 2.75) is 46.0 Å². The van der Waals surface area contributed by atoms with Crippen LogP contribution in [0.1, 0.15) is 46.0 Å². The number of hydrogen-bond donors (Lipinski definition) is 0. The second-order valence-corrected chi connectivity index (χ2v) is 5.69. The van der Waals surface area contributed by atoms with Gasteiger partial charge in [0.05, 0.1) is 0 Å². The van der Waals surface area contributed by atoms with Crippen LogP contribution >= 0.6 is 0 Å². The van der Waals surface area contributed by atoms with Gasteiger partial charge in [0, 0.05) is 0 Å². The van der Waals surface area contributed by atoms with Crippen molar-refractivity contribution < 1.29 is 4.79 Å². The van der Waals surface area contributed by atoms with Crippen LogP contribution in [-0.4, -0.2) is 6.29 Å². The van der Waals surface area contributed by atoms with Crippen LogP contribution in [0.3, 0.4) is 0 Å². The maximum atomic E-state index is 10.5. The lowest BCUT2D eigenvalue weighted by molar-refractivity contribution is -0.104. The predicted molar refractivity (Wildman–Crippen MR) is 67.1 cm³/mol. The summed E-state index contributed by atoms with van der Waals surface area (Å²) in [5.74, 6) is 1.62. The number of hydrogen-bond acceptors (Lipinski definition) is 1. The summed E-state index contributed by atoms with van der Waals surface area (Å²) < 4.78 is 0. The van der Waals surface area contributed by atoms with E-state index in [9.17, 15) is 4.79 Å². The Kier molecular flexibility index (Phi) is 3.05. The Labute approximate surface area is 98.6 Å². The average molecular weight is 218 g/mol. The Morgan fingerprint density at radius 1 is 1.69 bits per heavy atom. The molecule has 0 radical (unpaired) electrons. The van der Waals surface area contributed by atoms with Crippen LogP contribution in [-0.2, 0) is 4.79 Å². The van der Waals surface area contributed by atoms with Gasteiger partial charge in [0.25, 0.3) is 0 Å². The molecule has 2 saturated carbocycles. The summed E-state index contributed by atoms with van der Waals surface area (Å²) in [6.45, 7) is 8.43. The predicted octanol–water partition coefficient (Wildman–Crippen LogP) is 3.90. The molecule has 0 aliphatic heterocycles. The van der Waals surface area contributed by atoms with Gasteiger partial charge in [-0.25, -0.2) is 0 Å². The zero-order chi connectivity index (χ0) is 11.8. The number of aldehydes is 1. The topological polar surface area (TPSA) is 17.1 Å². The van der Waals surface area contributed by atoms with Gasteiger partial charge in [0.2, 0.25) is 0 Å². The zero-order valence-corrected chi connectivity index (χ0v) is 10.5. The van der Waals surface area contributed by atoms with Crippen molar-refractivity contribution in [3.05, 3.63) is 23.8 Å². The third-order valence-corrected chi connectivity index (χ3v) is 4.76. The number of allylic oxidation sites excluding steroid dienone is 3. The largest absolute Gasteiger partial charge is 0.298 e. The van der Waals surface area contributed by atoms with Gasteiger partial charge in [-0.2, -0.15) is 0 Å². The highest BCUT2D eigenvalue weighted by molar-refractivity contribution is 5.71. The molecule has 0 aromatic rings. The zero-order valence-electron chi connectivity index (χ0n) is 10.5. The minimum Gasteiger partial charge on any atom is -0.298 e. The van der Waals surface area contributed by atoms with Gasteiger partial charge in [-0.1, -0.05) is 25.2 Å². The van der Waals surface area contributed by atoms with Crippen LogP contribution in [0.5, 0.6) is 0 Å². The van der Waals surface area contributed by atoms with Crippen molar-refractivity contribution in [3.8, 4) is 0 Å². The first-order chi connectivity index (χ1) is 7.60. The Morgan fingerprint density at radius 2 is 2.44 bits per heavy atom. The van der Waals surface area contributed by atoms with Crippen molar-refractivity contribution in [3.63, 3.8) is 0 Å². The van der Waals surface area contributed by atoms with E-state index in [1.165, 1.54) is 31.3 Å². The minimum absolute atomic E-state index is 0.611. The van der Waals surface area contributed by atoms with Gasteiger partial charge >= 0.3 is 0 Å². The molecule has 0 aromatic heterocycles. The summed E-state index contributed by atoms with van der Waals surface area (Å²) >= 11 is 0. The van der Waals surface area contributed by atoms with E-state index in [2.05, 4.69) is 19.6 Å². The molecule has 0 amide bonds. The molecule has 0 unspecified atom stereocenters. The number of carbonyl (C=O) groups is 1. The van der Waals surface area contributed by atoms with Gasteiger partial charge in [0.1, 0.15) is 6.29 Å². The van der Waals surface area contributed by atoms with Crippen LogP contribution in [0, 0.1) is 17.3 Å². The smallest absolute Gasteiger partial charge is 0.145 e. The summed E-state index contributed by atoms with van der Waals surface area (Å²) in [6, 6.07) is 0. The number of fused-ring (bicyclic) bond motifs is 1. The van der Waals surface area contributed by atoms with Crippen LogP contribution in [0.15, 0.2) is 23.8 Å². The Hall–Kier alpha value is -0.850. The van der Waals surface area contributed by atoms with Crippen LogP contribution in [0.25, 0.3) is 0 Å². The first-order valence-corrected chi connectivity index (χ1v) is 6.40. The van der Waals surface area contributed by atoms with E-state index < -0.39 is 0 Å². The second kappa shape index (κ2) is 4.20. The van der Waals surface area contributed by atoms with Gasteiger partial charge in [0.15, 0.2) is 0 Å². The van der Waals surface area contributed by atoms with Gasteiger partial charge < -0.3 is 0 Å². The maximum absolute atomic E-state index is 10.5. The Bertz CT molecular complexity index is 339. The molecule has 16 heavy (non-hydrogen) atoms. The molecule has 3 atom stereocenters. The molecular formula is C15H22O. The third-order valence-electron chi connectivity index (χ3n) is 4.76. The van der Waals surface area contributed by atoms with E-state index in [1.807, 2.05) is 6.92 Å². The van der Waals surface area contributed by atoms with Crippen LogP contribution in [0.4, 0.5) is 0 Å². The summed E-state index contributed by atoms with van der Waals surface area (Å²) in [4.78, 5) is 10.5. The average Bonchev–Trinajstić information content (AvgIpc) is 2.94. The van der Waals surface area contributed by atoms with E-state index in [1.54, 1.807) is 0 Å². The summed E-state index contributed by atoms with van der Waals surface area (Å²) in [5.41, 5.74) is 2.97. The molecule has 0 spiro atoms. The quantitative estimate of drug-likeness (QED) is 0.388. The molecule has 2 rings (SSSR count). The normalized spacial score (nSPS) is 34.8. The lowest BCUT2D eigenvalue weighted by Crippen LogP contribution is -2.11. The summed E-state index contributed by atoms with van der Waals surface area (Å²) in [7, 11) is 0. The molecule has 2 aliphatic carbocycles. The van der Waals surface area contributed by atoms with Crippen molar-refractivity contribution in [2.24, 2.45) is 17.3 Å². The molecule has 2 aliphatic rings. The molecule has 1 nitrogen and oxygen atoms in total. The van der Waals surface area contributed by atoms with Crippen LogP contribution < -0.4 is 0 Å². The lowest BCUT2D eigenvalue weighted by Gasteiger charge is -2.20. The minimum atomic E-state index is 0.611. The summed E-state index contributed by atoms with van der Waals surface area (Å²) in [5, 5.41) is 0. The van der Waals surface area contributed by atoms with Crippen molar-refractivity contribution in [1.29, 1.82) is 0 Å². The molecule has 2 fully saturated rings. The fraction of sp³-hybridized carbons (Fsp3) is 0.667. The highest BCUT2D eigenvalue weighted by Crippen LogP contribution is 2.69. The maximum Gasteiger partial charge on any atom is 0.145 e. The van der Waals surface area contributed by atoms with Crippen molar-refractivity contribution in [1.82, 2.24) is 0 Å². The van der Waals surface area contributed by atoms with E-state index in [-0.39, 0.29) is 0 Å². The van der Waals surface area contributed by atoms with Crippen molar-refractivity contribution >= 4 is 6.29 Å². The van der Waals surface area contributed by atoms with E-state index in [0.29, 0.717) is 5.41 Å². The van der Waals surface area contributed by atoms with E-state index in [4.69, 9.17) is 0 Å². The fourth-order valence-corrected chi connectivity index (χ4v) is 3.40. The standard InChI is InChI=1S/C15H22O/c1-11(10-16)5-4-6-13(3)15-8-7-12(2)14(15)9-15/h5,10,13-14H,2,4,6-9H2,1,3H3/b11-5+/t13-,14+,15+/m1/s1. The third kappa shape index (κ3) is 1.88. The van der Waals surface area contributed by atoms with Crippen molar-refractivity contribution in [2.75, 3.05) is 0 Å². The second-order valence-electron chi connectivity index (χ2n) is 5.69. The monoisotopic (exact) mass is 218 g/mol. The van der Waals surface area contributed by atoms with E-state index in [0.717, 1.165) is 30.1 Å². The van der Waals surface area contributed by atoms with Crippen LogP contribution in [0.2, 0.25) is 0 Å². The molecule has 0 heterocycles. The Balaban J connectivity index is 1.84. The molecule has 1 heteroatoms. The first kappa shape index (κ1) is 11.6. The van der Waals surface area contributed by atoms with E-state index >= 15 is 0 Å². The molecule has 0 saturated heterocycles. The number of carbonyl (C=O) groups excluding carboxylic acids is 1.